The van der Waals surface area contributed by atoms with Crippen LogP contribution in [0.4, 0.5) is 5.69 Å². The van der Waals surface area contributed by atoms with E-state index >= 15 is 0 Å². The van der Waals surface area contributed by atoms with Gasteiger partial charge in [0.2, 0.25) is 5.91 Å². The summed E-state index contributed by atoms with van der Waals surface area (Å²) in [5.74, 6) is 0.00353. The molecule has 15 heavy (non-hydrogen) atoms. The van der Waals surface area contributed by atoms with Gasteiger partial charge in [0.1, 0.15) is 0 Å². The van der Waals surface area contributed by atoms with Crippen LogP contribution in [0.15, 0.2) is 22.9 Å². The number of nitrogens with one attached hydrogen (secondary N) is 1. The van der Waals surface area contributed by atoms with Gasteiger partial charge in [0.05, 0.1) is 22.2 Å². The molecule has 2 rings (SSSR count). The normalized spacial score (nSPS) is 23.6. The molecule has 0 saturated heterocycles. The molecule has 1 aromatic rings. The van der Waals surface area contributed by atoms with Crippen molar-refractivity contribution >= 4 is 27.5 Å². The Kier molecular flexibility index (Phi) is 3.02. The second kappa shape index (κ2) is 4.28. The number of carbonyl (C=O) groups excluding carboxylic acids is 1. The molecule has 1 amide bonds. The number of halogens is 1. The largest absolute Gasteiger partial charge is 0.381 e. The van der Waals surface area contributed by atoms with Gasteiger partial charge in [0, 0.05) is 19.5 Å². The number of methoxy groups -OCH3 is 1. The third-order valence-corrected chi connectivity index (χ3v) is 3.03. The molecule has 4 nitrogen and oxygen atoms in total. The van der Waals surface area contributed by atoms with Crippen molar-refractivity contribution in [2.45, 2.75) is 12.5 Å². The summed E-state index contributed by atoms with van der Waals surface area (Å²) in [5, 5.41) is 2.83. The molecule has 5 heteroatoms. The third-order valence-electron chi connectivity index (χ3n) is 2.40. The van der Waals surface area contributed by atoms with Gasteiger partial charge in [-0.15, -0.1) is 0 Å². The van der Waals surface area contributed by atoms with Crippen molar-refractivity contribution in [2.75, 3.05) is 12.4 Å². The van der Waals surface area contributed by atoms with E-state index in [9.17, 15) is 4.79 Å². The molecule has 0 bridgehead atoms. The Labute approximate surface area is 96.2 Å². The standard InChI is InChI=1S/C10H11BrN2O2/c1-15-9-4-6(9)10(14)13-8-2-3-12-5-7(8)11/h2-3,5-6,9H,4H2,1H3,(H,12,13,14). The highest BCUT2D eigenvalue weighted by Crippen LogP contribution is 2.34. The first kappa shape index (κ1) is 10.6. The van der Waals surface area contributed by atoms with E-state index in [4.69, 9.17) is 4.74 Å². The van der Waals surface area contributed by atoms with E-state index in [-0.39, 0.29) is 17.9 Å². The Morgan fingerprint density at radius 1 is 1.73 bits per heavy atom. The molecular weight excluding hydrogens is 260 g/mol. The fraction of sp³-hybridized carbons (Fsp3) is 0.400. The Balaban J connectivity index is 1.98. The van der Waals surface area contributed by atoms with Gasteiger partial charge < -0.3 is 10.1 Å². The van der Waals surface area contributed by atoms with Crippen molar-refractivity contribution in [2.24, 2.45) is 5.92 Å². The van der Waals surface area contributed by atoms with Gasteiger partial charge in [-0.2, -0.15) is 0 Å². The lowest BCUT2D eigenvalue weighted by Gasteiger charge is -2.05. The summed E-state index contributed by atoms with van der Waals surface area (Å²) in [7, 11) is 1.63. The zero-order valence-corrected chi connectivity index (χ0v) is 9.82. The van der Waals surface area contributed by atoms with E-state index in [0.29, 0.717) is 0 Å². The number of nitrogens with zero attached hydrogens (tertiary/aromatic N) is 1. The molecule has 1 N–H and O–H groups in total. The maximum atomic E-state index is 11.7. The molecule has 1 heterocycles. The molecule has 2 atom stereocenters. The number of amides is 1. The van der Waals surface area contributed by atoms with Crippen LogP contribution in [0, 0.1) is 5.92 Å². The van der Waals surface area contributed by atoms with Crippen molar-refractivity contribution in [1.29, 1.82) is 0 Å². The van der Waals surface area contributed by atoms with E-state index in [1.807, 2.05) is 0 Å². The van der Waals surface area contributed by atoms with E-state index in [2.05, 4.69) is 26.2 Å². The molecule has 0 aliphatic heterocycles. The zero-order valence-electron chi connectivity index (χ0n) is 8.24. The van der Waals surface area contributed by atoms with Crippen LogP contribution < -0.4 is 5.32 Å². The van der Waals surface area contributed by atoms with Crippen molar-refractivity contribution in [1.82, 2.24) is 4.98 Å². The van der Waals surface area contributed by atoms with Crippen LogP contribution in [-0.2, 0) is 9.53 Å². The Bertz CT molecular complexity index is 383. The van der Waals surface area contributed by atoms with Gasteiger partial charge in [-0.25, -0.2) is 0 Å². The highest BCUT2D eigenvalue weighted by atomic mass is 79.9. The van der Waals surface area contributed by atoms with Gasteiger partial charge >= 0.3 is 0 Å². The van der Waals surface area contributed by atoms with Gasteiger partial charge in [-0.3, -0.25) is 9.78 Å². The van der Waals surface area contributed by atoms with Crippen LogP contribution in [-0.4, -0.2) is 24.1 Å². The molecule has 0 radical (unpaired) electrons. The monoisotopic (exact) mass is 270 g/mol. The number of anilines is 1. The van der Waals surface area contributed by atoms with E-state index in [1.165, 1.54) is 0 Å². The Hall–Kier alpha value is -0.940. The number of hydrogen-bond donors (Lipinski definition) is 1. The lowest BCUT2D eigenvalue weighted by Crippen LogP contribution is -2.16. The Morgan fingerprint density at radius 3 is 3.13 bits per heavy atom. The first-order chi connectivity index (χ1) is 7.22. The van der Waals surface area contributed by atoms with Crippen molar-refractivity contribution < 1.29 is 9.53 Å². The summed E-state index contributed by atoms with van der Waals surface area (Å²) < 4.78 is 5.86. The lowest BCUT2D eigenvalue weighted by atomic mass is 10.3. The first-order valence-electron chi connectivity index (χ1n) is 4.65. The van der Waals surface area contributed by atoms with Gasteiger partial charge in [0.15, 0.2) is 0 Å². The molecule has 80 valence electrons. The number of rotatable bonds is 3. The highest BCUT2D eigenvalue weighted by molar-refractivity contribution is 9.10. The van der Waals surface area contributed by atoms with Crippen LogP contribution in [0.2, 0.25) is 0 Å². The molecule has 1 aliphatic carbocycles. The summed E-state index contributed by atoms with van der Waals surface area (Å²) in [6.07, 6.45) is 4.19. The zero-order chi connectivity index (χ0) is 10.8. The number of pyridine rings is 1. The SMILES string of the molecule is COC1CC1C(=O)Nc1ccncc1Br. The second-order valence-electron chi connectivity index (χ2n) is 3.46. The van der Waals surface area contributed by atoms with Crippen LogP contribution >= 0.6 is 15.9 Å². The molecule has 2 unspecified atom stereocenters. The maximum absolute atomic E-state index is 11.7. The average Bonchev–Trinajstić information content (AvgIpc) is 3.00. The smallest absolute Gasteiger partial charge is 0.230 e. The Morgan fingerprint density at radius 2 is 2.53 bits per heavy atom. The molecule has 1 aliphatic rings. The van der Waals surface area contributed by atoms with E-state index in [0.717, 1.165) is 16.6 Å². The fourth-order valence-electron chi connectivity index (χ4n) is 1.41. The summed E-state index contributed by atoms with van der Waals surface area (Å²) in [6, 6.07) is 1.76. The molecule has 1 saturated carbocycles. The summed E-state index contributed by atoms with van der Waals surface area (Å²) in [6.45, 7) is 0. The summed E-state index contributed by atoms with van der Waals surface area (Å²) in [5.41, 5.74) is 0.747. The second-order valence-corrected chi connectivity index (χ2v) is 4.32. The van der Waals surface area contributed by atoms with E-state index in [1.54, 1.807) is 25.6 Å². The average molecular weight is 271 g/mol. The minimum absolute atomic E-state index is 0.00457. The van der Waals surface area contributed by atoms with E-state index < -0.39 is 0 Å². The van der Waals surface area contributed by atoms with Gasteiger partial charge in [-0.05, 0) is 28.4 Å². The molecule has 1 aromatic heterocycles. The van der Waals surface area contributed by atoms with Crippen molar-refractivity contribution in [3.8, 4) is 0 Å². The number of ether oxygens (including phenoxy) is 1. The van der Waals surface area contributed by atoms with Crippen molar-refractivity contribution in [3.05, 3.63) is 22.9 Å². The maximum Gasteiger partial charge on any atom is 0.230 e. The molecule has 0 spiro atoms. The third kappa shape index (κ3) is 2.35. The predicted octanol–water partition coefficient (Wildman–Crippen LogP) is 1.82. The summed E-state index contributed by atoms with van der Waals surface area (Å²) >= 11 is 3.32. The minimum atomic E-state index is -0.00457. The summed E-state index contributed by atoms with van der Waals surface area (Å²) in [4.78, 5) is 15.6. The predicted molar refractivity (Wildman–Crippen MR) is 59.5 cm³/mol. The minimum Gasteiger partial charge on any atom is -0.381 e. The lowest BCUT2D eigenvalue weighted by molar-refractivity contribution is -0.118. The van der Waals surface area contributed by atoms with Crippen LogP contribution in [0.3, 0.4) is 0 Å². The van der Waals surface area contributed by atoms with Crippen LogP contribution in [0.5, 0.6) is 0 Å². The molecule has 0 aromatic carbocycles. The quantitative estimate of drug-likeness (QED) is 0.912. The highest BCUT2D eigenvalue weighted by Gasteiger charge is 2.43. The molecular formula is C10H11BrN2O2. The first-order valence-corrected chi connectivity index (χ1v) is 5.45. The van der Waals surface area contributed by atoms with Gasteiger partial charge in [-0.1, -0.05) is 0 Å². The number of hydrogen-bond acceptors (Lipinski definition) is 3. The topological polar surface area (TPSA) is 51.2 Å². The fourth-order valence-corrected chi connectivity index (χ4v) is 1.76. The van der Waals surface area contributed by atoms with Gasteiger partial charge in [0.25, 0.3) is 0 Å². The molecule has 1 fully saturated rings. The number of carbonyl (C=O) groups is 1. The van der Waals surface area contributed by atoms with Crippen molar-refractivity contribution in [3.63, 3.8) is 0 Å². The van der Waals surface area contributed by atoms with Crippen LogP contribution in [0.25, 0.3) is 0 Å². The number of aromatic nitrogens is 1. The van der Waals surface area contributed by atoms with Crippen LogP contribution in [0.1, 0.15) is 6.42 Å².